The van der Waals surface area contributed by atoms with Crippen LogP contribution < -0.4 is 5.32 Å². The van der Waals surface area contributed by atoms with Crippen LogP contribution in [0.2, 0.25) is 0 Å². The highest BCUT2D eigenvalue weighted by Gasteiger charge is 2.25. The van der Waals surface area contributed by atoms with Gasteiger partial charge in [0, 0.05) is 37.8 Å². The average Bonchev–Trinajstić information content (AvgIpc) is 3.38. The van der Waals surface area contributed by atoms with Gasteiger partial charge in [0.05, 0.1) is 13.1 Å². The topological polar surface area (TPSA) is 74.5 Å². The van der Waals surface area contributed by atoms with Gasteiger partial charge in [-0.05, 0) is 24.8 Å². The molecule has 1 N–H and O–H groups in total. The highest BCUT2D eigenvalue weighted by molar-refractivity contribution is 5.78. The van der Waals surface area contributed by atoms with Gasteiger partial charge in [0.2, 0.25) is 17.6 Å². The number of aromatic nitrogens is 2. The van der Waals surface area contributed by atoms with E-state index in [1.54, 1.807) is 0 Å². The van der Waals surface area contributed by atoms with E-state index in [9.17, 15) is 4.79 Å². The lowest BCUT2D eigenvalue weighted by Gasteiger charge is -2.33. The SMILES string of the molecule is CCc1ccc(-c2noc(CN3CCN(CC(=O)NC4CC4)CC3)n2)cc1. The van der Waals surface area contributed by atoms with Crippen molar-refractivity contribution in [1.29, 1.82) is 0 Å². The fraction of sp³-hybridized carbons (Fsp3) is 0.550. The zero-order chi connectivity index (χ0) is 18.6. The zero-order valence-electron chi connectivity index (χ0n) is 15.9. The van der Waals surface area contributed by atoms with Gasteiger partial charge >= 0.3 is 0 Å². The monoisotopic (exact) mass is 369 g/mol. The number of aryl methyl sites for hydroxylation is 1. The summed E-state index contributed by atoms with van der Waals surface area (Å²) in [4.78, 5) is 21.0. The van der Waals surface area contributed by atoms with Gasteiger partial charge in [-0.3, -0.25) is 14.6 Å². The molecule has 7 heteroatoms. The first-order chi connectivity index (χ1) is 13.2. The molecule has 144 valence electrons. The minimum absolute atomic E-state index is 0.154. The Balaban J connectivity index is 1.25. The van der Waals surface area contributed by atoms with E-state index in [1.807, 2.05) is 12.1 Å². The van der Waals surface area contributed by atoms with Crippen molar-refractivity contribution in [2.45, 2.75) is 38.8 Å². The molecule has 1 aromatic carbocycles. The van der Waals surface area contributed by atoms with Crippen LogP contribution in [-0.2, 0) is 17.8 Å². The maximum atomic E-state index is 11.9. The minimum atomic E-state index is 0.154. The predicted molar refractivity (Wildman–Crippen MR) is 102 cm³/mol. The number of nitrogens with one attached hydrogen (secondary N) is 1. The van der Waals surface area contributed by atoms with Crippen LogP contribution >= 0.6 is 0 Å². The molecule has 2 fully saturated rings. The third-order valence-electron chi connectivity index (χ3n) is 5.22. The van der Waals surface area contributed by atoms with Crippen molar-refractivity contribution in [1.82, 2.24) is 25.3 Å². The van der Waals surface area contributed by atoms with Crippen molar-refractivity contribution in [2.75, 3.05) is 32.7 Å². The molecule has 1 saturated heterocycles. The maximum Gasteiger partial charge on any atom is 0.241 e. The average molecular weight is 369 g/mol. The summed E-state index contributed by atoms with van der Waals surface area (Å²) in [7, 11) is 0. The Kier molecular flexibility index (Phi) is 5.50. The summed E-state index contributed by atoms with van der Waals surface area (Å²) in [5, 5.41) is 7.17. The van der Waals surface area contributed by atoms with Gasteiger partial charge in [0.1, 0.15) is 0 Å². The molecule has 2 heterocycles. The molecule has 2 aromatic rings. The number of hydrogen-bond donors (Lipinski definition) is 1. The third kappa shape index (κ3) is 4.93. The first-order valence-electron chi connectivity index (χ1n) is 9.85. The minimum Gasteiger partial charge on any atom is -0.352 e. The summed E-state index contributed by atoms with van der Waals surface area (Å²) < 4.78 is 5.44. The summed E-state index contributed by atoms with van der Waals surface area (Å²) in [6, 6.07) is 8.72. The summed E-state index contributed by atoms with van der Waals surface area (Å²) in [6.45, 7) is 6.88. The molecule has 0 radical (unpaired) electrons. The van der Waals surface area contributed by atoms with Crippen LogP contribution in [0.4, 0.5) is 0 Å². The second kappa shape index (κ2) is 8.19. The molecular formula is C20H27N5O2. The van der Waals surface area contributed by atoms with Gasteiger partial charge in [-0.1, -0.05) is 36.3 Å². The number of carbonyl (C=O) groups is 1. The Morgan fingerprint density at radius 1 is 1.15 bits per heavy atom. The smallest absolute Gasteiger partial charge is 0.241 e. The Morgan fingerprint density at radius 3 is 2.52 bits per heavy atom. The first kappa shape index (κ1) is 18.1. The molecule has 0 unspecified atom stereocenters. The normalized spacial score (nSPS) is 18.6. The molecule has 1 aliphatic carbocycles. The van der Waals surface area contributed by atoms with E-state index in [1.165, 1.54) is 5.56 Å². The second-order valence-corrected chi connectivity index (χ2v) is 7.46. The molecule has 1 saturated carbocycles. The molecule has 7 nitrogen and oxygen atoms in total. The van der Waals surface area contributed by atoms with Crippen LogP contribution in [0, 0.1) is 0 Å². The molecule has 0 bridgehead atoms. The summed E-state index contributed by atoms with van der Waals surface area (Å²) >= 11 is 0. The highest BCUT2D eigenvalue weighted by atomic mass is 16.5. The Labute approximate surface area is 159 Å². The molecule has 1 amide bonds. The van der Waals surface area contributed by atoms with Crippen LogP contribution in [0.15, 0.2) is 28.8 Å². The molecule has 4 rings (SSSR count). The van der Waals surface area contributed by atoms with Crippen molar-refractivity contribution in [3.63, 3.8) is 0 Å². The van der Waals surface area contributed by atoms with E-state index in [0.29, 0.717) is 30.8 Å². The molecule has 2 aliphatic rings. The van der Waals surface area contributed by atoms with E-state index < -0.39 is 0 Å². The van der Waals surface area contributed by atoms with Gasteiger partial charge in [0.15, 0.2) is 0 Å². The molecule has 1 aromatic heterocycles. The number of carbonyl (C=O) groups excluding carboxylic acids is 1. The van der Waals surface area contributed by atoms with Crippen molar-refractivity contribution < 1.29 is 9.32 Å². The quantitative estimate of drug-likeness (QED) is 0.801. The van der Waals surface area contributed by atoms with Gasteiger partial charge < -0.3 is 9.84 Å². The highest BCUT2D eigenvalue weighted by Crippen LogP contribution is 2.19. The van der Waals surface area contributed by atoms with E-state index in [4.69, 9.17) is 4.52 Å². The Morgan fingerprint density at radius 2 is 1.85 bits per heavy atom. The van der Waals surface area contributed by atoms with Gasteiger partial charge in [-0.2, -0.15) is 4.98 Å². The fourth-order valence-electron chi connectivity index (χ4n) is 3.33. The van der Waals surface area contributed by atoms with E-state index in [-0.39, 0.29) is 5.91 Å². The lowest BCUT2D eigenvalue weighted by molar-refractivity contribution is -0.122. The predicted octanol–water partition coefficient (Wildman–Crippen LogP) is 1.70. The number of piperazine rings is 1. The molecule has 27 heavy (non-hydrogen) atoms. The van der Waals surface area contributed by atoms with Crippen molar-refractivity contribution in [2.24, 2.45) is 0 Å². The number of benzene rings is 1. The zero-order valence-corrected chi connectivity index (χ0v) is 15.9. The summed E-state index contributed by atoms with van der Waals surface area (Å²) in [5.74, 6) is 1.44. The Bertz CT molecular complexity index is 761. The van der Waals surface area contributed by atoms with Gasteiger partial charge in [0.25, 0.3) is 0 Å². The number of nitrogens with zero attached hydrogens (tertiary/aromatic N) is 4. The van der Waals surface area contributed by atoms with Gasteiger partial charge in [-0.25, -0.2) is 0 Å². The first-order valence-corrected chi connectivity index (χ1v) is 9.85. The van der Waals surface area contributed by atoms with Gasteiger partial charge in [-0.15, -0.1) is 0 Å². The standard InChI is InChI=1S/C20H27N5O2/c1-2-15-3-5-16(6-4-15)20-22-19(27-23-20)14-25-11-9-24(10-12-25)13-18(26)21-17-7-8-17/h3-6,17H,2,7-14H2,1H3,(H,21,26). The largest absolute Gasteiger partial charge is 0.352 e. The number of hydrogen-bond acceptors (Lipinski definition) is 6. The van der Waals surface area contributed by atoms with E-state index >= 15 is 0 Å². The van der Waals surface area contributed by atoms with E-state index in [2.05, 4.69) is 44.3 Å². The van der Waals surface area contributed by atoms with Crippen molar-refractivity contribution in [3.05, 3.63) is 35.7 Å². The lowest BCUT2D eigenvalue weighted by atomic mass is 10.1. The second-order valence-electron chi connectivity index (χ2n) is 7.46. The van der Waals surface area contributed by atoms with Crippen LogP contribution in [-0.4, -0.2) is 64.6 Å². The van der Waals surface area contributed by atoms with Crippen LogP contribution in [0.3, 0.4) is 0 Å². The van der Waals surface area contributed by atoms with Crippen LogP contribution in [0.5, 0.6) is 0 Å². The maximum absolute atomic E-state index is 11.9. The summed E-state index contributed by atoms with van der Waals surface area (Å²) in [5.41, 5.74) is 2.28. The number of rotatable bonds is 7. The van der Waals surface area contributed by atoms with Crippen LogP contribution in [0.1, 0.15) is 31.2 Å². The number of amides is 1. The molecule has 0 atom stereocenters. The fourth-order valence-corrected chi connectivity index (χ4v) is 3.33. The molecular weight excluding hydrogens is 342 g/mol. The van der Waals surface area contributed by atoms with Crippen molar-refractivity contribution in [3.8, 4) is 11.4 Å². The molecule has 0 spiro atoms. The van der Waals surface area contributed by atoms with Crippen molar-refractivity contribution >= 4 is 5.91 Å². The molecule has 1 aliphatic heterocycles. The van der Waals surface area contributed by atoms with E-state index in [0.717, 1.165) is 51.0 Å². The third-order valence-corrected chi connectivity index (χ3v) is 5.22. The Hall–Kier alpha value is -2.25. The lowest BCUT2D eigenvalue weighted by Crippen LogP contribution is -2.49. The summed E-state index contributed by atoms with van der Waals surface area (Å²) in [6.07, 6.45) is 3.29. The van der Waals surface area contributed by atoms with Crippen LogP contribution in [0.25, 0.3) is 11.4 Å².